The summed E-state index contributed by atoms with van der Waals surface area (Å²) in [7, 11) is 0. The first-order valence-electron chi connectivity index (χ1n) is 9.20. The van der Waals surface area contributed by atoms with Gasteiger partial charge in [-0.05, 0) is 48.4 Å². The lowest BCUT2D eigenvalue weighted by molar-refractivity contribution is -0.124. The van der Waals surface area contributed by atoms with Gasteiger partial charge in [-0.25, -0.2) is 4.39 Å². The van der Waals surface area contributed by atoms with Gasteiger partial charge in [0, 0.05) is 13.1 Å². The number of halogens is 1. The summed E-state index contributed by atoms with van der Waals surface area (Å²) < 4.78 is 23.7. The molecule has 0 saturated heterocycles. The molecular formula is C21H25FN2O4. The van der Waals surface area contributed by atoms with Crippen molar-refractivity contribution in [3.05, 3.63) is 59.9 Å². The van der Waals surface area contributed by atoms with Crippen LogP contribution in [0.4, 0.5) is 4.39 Å². The molecule has 2 amide bonds. The second kappa shape index (κ2) is 11.6. The van der Waals surface area contributed by atoms with E-state index in [9.17, 15) is 14.0 Å². The molecule has 2 rings (SSSR count). The highest BCUT2D eigenvalue weighted by Gasteiger charge is 2.05. The van der Waals surface area contributed by atoms with E-state index in [-0.39, 0.29) is 30.7 Å². The Morgan fingerprint density at radius 2 is 1.43 bits per heavy atom. The van der Waals surface area contributed by atoms with Crippen LogP contribution in [0.15, 0.2) is 48.5 Å². The Bertz CT molecular complexity index is 748. The van der Waals surface area contributed by atoms with E-state index in [0.717, 1.165) is 17.7 Å². The number of hydrogen-bond donors (Lipinski definition) is 2. The first-order chi connectivity index (χ1) is 13.6. The molecule has 0 saturated carbocycles. The van der Waals surface area contributed by atoms with Crippen molar-refractivity contribution in [1.29, 1.82) is 0 Å². The molecule has 0 spiro atoms. The van der Waals surface area contributed by atoms with Gasteiger partial charge in [0.2, 0.25) is 5.91 Å². The molecule has 0 heterocycles. The Kier molecular flexibility index (Phi) is 8.78. The van der Waals surface area contributed by atoms with Gasteiger partial charge in [-0.3, -0.25) is 9.59 Å². The zero-order valence-electron chi connectivity index (χ0n) is 15.9. The summed E-state index contributed by atoms with van der Waals surface area (Å²) in [6.07, 6.45) is 1.10. The van der Waals surface area contributed by atoms with Gasteiger partial charge in [-0.1, -0.05) is 19.1 Å². The van der Waals surface area contributed by atoms with Gasteiger partial charge >= 0.3 is 0 Å². The number of nitrogens with one attached hydrogen (secondary N) is 2. The van der Waals surface area contributed by atoms with E-state index in [1.807, 2.05) is 6.92 Å². The second-order valence-electron chi connectivity index (χ2n) is 6.11. The molecule has 2 aromatic rings. The minimum Gasteiger partial charge on any atom is -0.494 e. The Labute approximate surface area is 164 Å². The summed E-state index contributed by atoms with van der Waals surface area (Å²) in [4.78, 5) is 23.6. The number of ether oxygens (including phenoxy) is 2. The third-order valence-electron chi connectivity index (χ3n) is 3.71. The van der Waals surface area contributed by atoms with Crippen molar-refractivity contribution in [3.63, 3.8) is 0 Å². The molecule has 0 aliphatic rings. The topological polar surface area (TPSA) is 76.7 Å². The second-order valence-corrected chi connectivity index (χ2v) is 6.11. The average Bonchev–Trinajstić information content (AvgIpc) is 2.70. The summed E-state index contributed by atoms with van der Waals surface area (Å²) in [6, 6.07) is 12.8. The van der Waals surface area contributed by atoms with E-state index < -0.39 is 0 Å². The van der Waals surface area contributed by atoms with Gasteiger partial charge < -0.3 is 20.1 Å². The van der Waals surface area contributed by atoms with Gasteiger partial charge in [-0.15, -0.1) is 0 Å². The number of carbonyl (C=O) groups is 2. The monoisotopic (exact) mass is 388 g/mol. The van der Waals surface area contributed by atoms with Crippen LogP contribution >= 0.6 is 0 Å². The lowest BCUT2D eigenvalue weighted by Gasteiger charge is -2.09. The Morgan fingerprint density at radius 3 is 2.04 bits per heavy atom. The zero-order chi connectivity index (χ0) is 20.2. The Morgan fingerprint density at radius 1 is 0.857 bits per heavy atom. The first kappa shape index (κ1) is 21.2. The van der Waals surface area contributed by atoms with E-state index in [2.05, 4.69) is 10.6 Å². The standard InChI is InChI=1S/C21H25FN2O4/c1-2-13-27-18-7-9-19(10-8-18)28-15-21(26)24-12-11-23-20(25)14-16-3-5-17(22)6-4-16/h3-10H,2,11-15H2,1H3,(H,23,25)(H,24,26). The minimum absolute atomic E-state index is 0.112. The SMILES string of the molecule is CCCOc1ccc(OCC(=O)NCCNC(=O)Cc2ccc(F)cc2)cc1. The number of rotatable bonds is 11. The average molecular weight is 388 g/mol. The van der Waals surface area contributed by atoms with Crippen molar-refractivity contribution in [3.8, 4) is 11.5 Å². The van der Waals surface area contributed by atoms with Crippen LogP contribution in [-0.4, -0.2) is 38.1 Å². The molecule has 6 nitrogen and oxygen atoms in total. The van der Waals surface area contributed by atoms with Crippen LogP contribution < -0.4 is 20.1 Å². The van der Waals surface area contributed by atoms with Crippen LogP contribution in [0.5, 0.6) is 11.5 Å². The van der Waals surface area contributed by atoms with E-state index in [0.29, 0.717) is 25.4 Å². The fourth-order valence-corrected chi connectivity index (χ4v) is 2.31. The third-order valence-corrected chi connectivity index (χ3v) is 3.71. The van der Waals surface area contributed by atoms with Gasteiger partial charge in [0.1, 0.15) is 17.3 Å². The maximum absolute atomic E-state index is 12.8. The molecular weight excluding hydrogens is 363 g/mol. The highest BCUT2D eigenvalue weighted by Crippen LogP contribution is 2.17. The fraction of sp³-hybridized carbons (Fsp3) is 0.333. The highest BCUT2D eigenvalue weighted by molar-refractivity contribution is 5.79. The van der Waals surface area contributed by atoms with E-state index in [4.69, 9.17) is 9.47 Å². The number of carbonyl (C=O) groups excluding carboxylic acids is 2. The van der Waals surface area contributed by atoms with E-state index >= 15 is 0 Å². The maximum Gasteiger partial charge on any atom is 0.258 e. The maximum atomic E-state index is 12.8. The van der Waals surface area contributed by atoms with Crippen LogP contribution in [0.1, 0.15) is 18.9 Å². The largest absolute Gasteiger partial charge is 0.494 e. The predicted octanol–water partition coefficient (Wildman–Crippen LogP) is 2.47. The molecule has 150 valence electrons. The quantitative estimate of drug-likeness (QED) is 0.580. The highest BCUT2D eigenvalue weighted by atomic mass is 19.1. The molecule has 0 aliphatic heterocycles. The van der Waals surface area contributed by atoms with E-state index in [1.165, 1.54) is 12.1 Å². The van der Waals surface area contributed by atoms with E-state index in [1.54, 1.807) is 36.4 Å². The molecule has 7 heteroatoms. The van der Waals surface area contributed by atoms with Crippen molar-refractivity contribution in [2.45, 2.75) is 19.8 Å². The van der Waals surface area contributed by atoms with Crippen molar-refractivity contribution in [1.82, 2.24) is 10.6 Å². The lowest BCUT2D eigenvalue weighted by atomic mass is 10.1. The van der Waals surface area contributed by atoms with Crippen LogP contribution in [0, 0.1) is 5.82 Å². The third kappa shape index (κ3) is 8.07. The lowest BCUT2D eigenvalue weighted by Crippen LogP contribution is -2.37. The zero-order valence-corrected chi connectivity index (χ0v) is 15.9. The van der Waals surface area contributed by atoms with Gasteiger partial charge in [0.05, 0.1) is 13.0 Å². The van der Waals surface area contributed by atoms with Crippen LogP contribution in [0.2, 0.25) is 0 Å². The summed E-state index contributed by atoms with van der Waals surface area (Å²) >= 11 is 0. The van der Waals surface area contributed by atoms with Crippen LogP contribution in [-0.2, 0) is 16.0 Å². The smallest absolute Gasteiger partial charge is 0.258 e. The molecule has 0 bridgehead atoms. The number of benzene rings is 2. The summed E-state index contributed by atoms with van der Waals surface area (Å²) in [5.41, 5.74) is 0.724. The molecule has 28 heavy (non-hydrogen) atoms. The minimum atomic E-state index is -0.338. The normalized spacial score (nSPS) is 10.2. The first-order valence-corrected chi connectivity index (χ1v) is 9.20. The summed E-state index contributed by atoms with van der Waals surface area (Å²) in [5, 5.41) is 5.36. The summed E-state index contributed by atoms with van der Waals surface area (Å²) in [5.74, 6) is 0.526. The number of amides is 2. The Balaban J connectivity index is 1.58. The van der Waals surface area contributed by atoms with Crippen molar-refractivity contribution < 1.29 is 23.5 Å². The summed E-state index contributed by atoms with van der Waals surface area (Å²) in [6.45, 7) is 3.17. The molecule has 2 N–H and O–H groups in total. The predicted molar refractivity (Wildman–Crippen MR) is 104 cm³/mol. The van der Waals surface area contributed by atoms with Gasteiger partial charge in [0.15, 0.2) is 6.61 Å². The molecule has 0 aliphatic carbocycles. The van der Waals surface area contributed by atoms with Crippen LogP contribution in [0.3, 0.4) is 0 Å². The van der Waals surface area contributed by atoms with Crippen molar-refractivity contribution in [2.75, 3.05) is 26.3 Å². The molecule has 0 unspecified atom stereocenters. The van der Waals surface area contributed by atoms with Gasteiger partial charge in [0.25, 0.3) is 5.91 Å². The molecule has 2 aromatic carbocycles. The Hall–Kier alpha value is -3.09. The number of hydrogen-bond acceptors (Lipinski definition) is 4. The fourth-order valence-electron chi connectivity index (χ4n) is 2.31. The van der Waals surface area contributed by atoms with Crippen LogP contribution in [0.25, 0.3) is 0 Å². The molecule has 0 aromatic heterocycles. The van der Waals surface area contributed by atoms with Crippen molar-refractivity contribution in [2.24, 2.45) is 0 Å². The molecule has 0 fully saturated rings. The van der Waals surface area contributed by atoms with Gasteiger partial charge in [-0.2, -0.15) is 0 Å². The van der Waals surface area contributed by atoms with Crippen molar-refractivity contribution >= 4 is 11.8 Å². The molecule has 0 atom stereocenters. The molecule has 0 radical (unpaired) electrons.